The van der Waals surface area contributed by atoms with Gasteiger partial charge >= 0.3 is 0 Å². The summed E-state index contributed by atoms with van der Waals surface area (Å²) in [6.07, 6.45) is 3.40. The van der Waals surface area contributed by atoms with E-state index in [0.29, 0.717) is 5.69 Å². The highest BCUT2D eigenvalue weighted by molar-refractivity contribution is 5.62. The highest BCUT2D eigenvalue weighted by Crippen LogP contribution is 2.19. The maximum atomic E-state index is 13.0. The fourth-order valence-corrected chi connectivity index (χ4v) is 2.10. The third kappa shape index (κ3) is 2.74. The highest BCUT2D eigenvalue weighted by Gasteiger charge is 2.04. The summed E-state index contributed by atoms with van der Waals surface area (Å²) in [6, 6.07) is 13.1. The van der Waals surface area contributed by atoms with Gasteiger partial charge in [-0.05, 0) is 48.4 Å². The van der Waals surface area contributed by atoms with E-state index in [1.54, 1.807) is 30.6 Å². The minimum Gasteiger partial charge on any atom is -0.282 e. The molecule has 0 saturated carbocycles. The van der Waals surface area contributed by atoms with Crippen molar-refractivity contribution in [3.63, 3.8) is 0 Å². The summed E-state index contributed by atoms with van der Waals surface area (Å²) < 4.78 is 14.5. The largest absolute Gasteiger partial charge is 0.282 e. The summed E-state index contributed by atoms with van der Waals surface area (Å²) in [6.45, 7) is 1.89. The van der Waals surface area contributed by atoms with E-state index in [1.165, 1.54) is 22.8 Å². The lowest BCUT2D eigenvalue weighted by molar-refractivity contribution is 0.628. The quantitative estimate of drug-likeness (QED) is 0.721. The average molecular weight is 280 g/mol. The summed E-state index contributed by atoms with van der Waals surface area (Å²) in [5, 5.41) is 0. The lowest BCUT2D eigenvalue weighted by atomic mass is 10.1. The molecule has 3 nitrogen and oxygen atoms in total. The van der Waals surface area contributed by atoms with Gasteiger partial charge in [-0.25, -0.2) is 4.39 Å². The molecule has 2 aromatic heterocycles. The first-order valence-electron chi connectivity index (χ1n) is 6.55. The molecule has 3 rings (SSSR count). The van der Waals surface area contributed by atoms with E-state index < -0.39 is 0 Å². The standard InChI is InChI=1S/C17H13FN2O/c1-12-2-8-16(10-19-12)20-11-14(5-9-17(20)21)13-3-6-15(18)7-4-13/h2-11H,1H3. The average Bonchev–Trinajstić information content (AvgIpc) is 2.50. The van der Waals surface area contributed by atoms with Crippen LogP contribution in [-0.2, 0) is 0 Å². The molecule has 0 spiro atoms. The van der Waals surface area contributed by atoms with Crippen LogP contribution in [0, 0.1) is 12.7 Å². The Morgan fingerprint density at radius 2 is 1.67 bits per heavy atom. The van der Waals surface area contributed by atoms with Gasteiger partial charge in [0.2, 0.25) is 0 Å². The van der Waals surface area contributed by atoms with Crippen LogP contribution in [0.4, 0.5) is 4.39 Å². The van der Waals surface area contributed by atoms with E-state index in [9.17, 15) is 9.18 Å². The summed E-state index contributed by atoms with van der Waals surface area (Å²) in [4.78, 5) is 16.2. The number of nitrogens with zero attached hydrogens (tertiary/aromatic N) is 2. The normalized spacial score (nSPS) is 10.6. The molecule has 0 radical (unpaired) electrons. The molecule has 0 fully saturated rings. The molecule has 0 bridgehead atoms. The molecule has 0 amide bonds. The zero-order chi connectivity index (χ0) is 14.8. The van der Waals surface area contributed by atoms with E-state index in [0.717, 1.165) is 16.8 Å². The van der Waals surface area contributed by atoms with Gasteiger partial charge in [-0.3, -0.25) is 14.3 Å². The molecule has 0 atom stereocenters. The van der Waals surface area contributed by atoms with Crippen LogP contribution < -0.4 is 5.56 Å². The molecule has 3 aromatic rings. The fourth-order valence-electron chi connectivity index (χ4n) is 2.10. The van der Waals surface area contributed by atoms with Crippen molar-refractivity contribution in [3.05, 3.63) is 82.8 Å². The van der Waals surface area contributed by atoms with Crippen molar-refractivity contribution in [2.24, 2.45) is 0 Å². The topological polar surface area (TPSA) is 34.9 Å². The Morgan fingerprint density at radius 1 is 0.952 bits per heavy atom. The van der Waals surface area contributed by atoms with E-state index >= 15 is 0 Å². The van der Waals surface area contributed by atoms with Gasteiger partial charge in [0.25, 0.3) is 5.56 Å². The van der Waals surface area contributed by atoms with Gasteiger partial charge in [-0.1, -0.05) is 12.1 Å². The summed E-state index contributed by atoms with van der Waals surface area (Å²) in [5.41, 5.74) is 3.16. The number of halogens is 1. The van der Waals surface area contributed by atoms with E-state index in [1.807, 2.05) is 19.1 Å². The van der Waals surface area contributed by atoms with E-state index in [4.69, 9.17) is 0 Å². The second-order valence-corrected chi connectivity index (χ2v) is 4.79. The molecule has 1 aromatic carbocycles. The second kappa shape index (κ2) is 5.32. The number of hydrogen-bond acceptors (Lipinski definition) is 2. The van der Waals surface area contributed by atoms with Crippen molar-refractivity contribution in [2.75, 3.05) is 0 Å². The third-order valence-electron chi connectivity index (χ3n) is 3.26. The number of benzene rings is 1. The van der Waals surface area contributed by atoms with Crippen LogP contribution in [0.1, 0.15) is 5.69 Å². The van der Waals surface area contributed by atoms with Gasteiger partial charge < -0.3 is 0 Å². The molecular formula is C17H13FN2O. The van der Waals surface area contributed by atoms with Crippen molar-refractivity contribution in [1.29, 1.82) is 0 Å². The van der Waals surface area contributed by atoms with Crippen LogP contribution in [0.15, 0.2) is 65.7 Å². The third-order valence-corrected chi connectivity index (χ3v) is 3.26. The fraction of sp³-hybridized carbons (Fsp3) is 0.0588. The Labute approximate surface area is 121 Å². The number of pyridine rings is 2. The number of rotatable bonds is 2. The Morgan fingerprint density at radius 3 is 2.33 bits per heavy atom. The number of aryl methyl sites for hydroxylation is 1. The second-order valence-electron chi connectivity index (χ2n) is 4.79. The molecule has 21 heavy (non-hydrogen) atoms. The lowest BCUT2D eigenvalue weighted by Gasteiger charge is -2.08. The van der Waals surface area contributed by atoms with Gasteiger partial charge in [-0.15, -0.1) is 0 Å². The molecule has 0 unspecified atom stereocenters. The first-order valence-corrected chi connectivity index (χ1v) is 6.55. The zero-order valence-electron chi connectivity index (χ0n) is 11.5. The van der Waals surface area contributed by atoms with Crippen molar-refractivity contribution >= 4 is 0 Å². The SMILES string of the molecule is Cc1ccc(-n2cc(-c3ccc(F)cc3)ccc2=O)cn1. The molecule has 0 saturated heterocycles. The van der Waals surface area contributed by atoms with Crippen molar-refractivity contribution in [1.82, 2.24) is 9.55 Å². The minimum absolute atomic E-state index is 0.133. The van der Waals surface area contributed by atoms with Gasteiger partial charge in [0, 0.05) is 18.0 Å². The first-order chi connectivity index (χ1) is 10.1. The molecule has 4 heteroatoms. The Balaban J connectivity index is 2.10. The minimum atomic E-state index is -0.283. The molecule has 0 aliphatic carbocycles. The van der Waals surface area contributed by atoms with Crippen LogP contribution >= 0.6 is 0 Å². The first kappa shape index (κ1) is 13.2. The Bertz CT molecular complexity index is 821. The van der Waals surface area contributed by atoms with Gasteiger partial charge in [0.15, 0.2) is 0 Å². The monoisotopic (exact) mass is 280 g/mol. The summed E-state index contributed by atoms with van der Waals surface area (Å²) >= 11 is 0. The van der Waals surface area contributed by atoms with Crippen LogP contribution in [0.3, 0.4) is 0 Å². The summed E-state index contributed by atoms with van der Waals surface area (Å²) in [5.74, 6) is -0.283. The summed E-state index contributed by atoms with van der Waals surface area (Å²) in [7, 11) is 0. The highest BCUT2D eigenvalue weighted by atomic mass is 19.1. The maximum absolute atomic E-state index is 13.0. The Hall–Kier alpha value is -2.75. The number of hydrogen-bond donors (Lipinski definition) is 0. The molecule has 0 N–H and O–H groups in total. The van der Waals surface area contributed by atoms with Crippen molar-refractivity contribution in [3.8, 4) is 16.8 Å². The predicted octanol–water partition coefficient (Wildman–Crippen LogP) is 3.35. The molecular weight excluding hydrogens is 267 g/mol. The van der Waals surface area contributed by atoms with E-state index in [2.05, 4.69) is 4.98 Å². The molecule has 2 heterocycles. The smallest absolute Gasteiger partial charge is 0.255 e. The van der Waals surface area contributed by atoms with Gasteiger partial charge in [0.1, 0.15) is 5.82 Å². The zero-order valence-corrected chi connectivity index (χ0v) is 11.5. The van der Waals surface area contributed by atoms with Crippen molar-refractivity contribution < 1.29 is 4.39 Å². The number of aromatic nitrogens is 2. The Kier molecular flexibility index (Phi) is 3.36. The molecule has 104 valence electrons. The maximum Gasteiger partial charge on any atom is 0.255 e. The van der Waals surface area contributed by atoms with Crippen LogP contribution in [0.2, 0.25) is 0 Å². The molecule has 0 aliphatic heterocycles. The van der Waals surface area contributed by atoms with E-state index in [-0.39, 0.29) is 11.4 Å². The van der Waals surface area contributed by atoms with Gasteiger partial charge in [-0.2, -0.15) is 0 Å². The van der Waals surface area contributed by atoms with Gasteiger partial charge in [0.05, 0.1) is 11.9 Å². The predicted molar refractivity (Wildman–Crippen MR) is 80.0 cm³/mol. The van der Waals surface area contributed by atoms with Crippen LogP contribution in [-0.4, -0.2) is 9.55 Å². The lowest BCUT2D eigenvalue weighted by Crippen LogP contribution is -2.16. The van der Waals surface area contributed by atoms with Crippen LogP contribution in [0.25, 0.3) is 16.8 Å². The van der Waals surface area contributed by atoms with Crippen LogP contribution in [0.5, 0.6) is 0 Å². The van der Waals surface area contributed by atoms with Crippen molar-refractivity contribution in [2.45, 2.75) is 6.92 Å². The molecule has 0 aliphatic rings.